The van der Waals surface area contributed by atoms with Crippen molar-refractivity contribution in [3.8, 4) is 0 Å². The Labute approximate surface area is 131 Å². The third-order valence-electron chi connectivity index (χ3n) is 2.93. The zero-order valence-electron chi connectivity index (χ0n) is 12.1. The molecule has 2 nitrogen and oxygen atoms in total. The van der Waals surface area contributed by atoms with Crippen LogP contribution in [0.4, 0.5) is 0 Å². The molecule has 0 aliphatic heterocycles. The van der Waals surface area contributed by atoms with Crippen LogP contribution in [-0.4, -0.2) is 18.3 Å². The Hall–Kier alpha value is -0.670. The highest BCUT2D eigenvalue weighted by Crippen LogP contribution is 2.20. The van der Waals surface area contributed by atoms with Gasteiger partial charge < -0.3 is 4.74 Å². The minimum absolute atomic E-state index is 0.140. The third-order valence-corrected chi connectivity index (χ3v) is 4.17. The van der Waals surface area contributed by atoms with E-state index >= 15 is 0 Å². The number of hydrogen-bond donors (Lipinski definition) is 0. The van der Waals surface area contributed by atoms with Crippen molar-refractivity contribution < 1.29 is 9.53 Å². The molecule has 0 radical (unpaired) electrons. The van der Waals surface area contributed by atoms with Crippen LogP contribution in [0.2, 0.25) is 5.02 Å². The molecule has 0 N–H and O–H groups in total. The van der Waals surface area contributed by atoms with Crippen LogP contribution in [0.3, 0.4) is 0 Å². The highest BCUT2D eigenvalue weighted by molar-refractivity contribution is 8.00. The van der Waals surface area contributed by atoms with E-state index in [1.54, 1.807) is 0 Å². The molecule has 0 unspecified atom stereocenters. The zero-order chi connectivity index (χ0) is 14.6. The molecule has 1 aromatic rings. The second kappa shape index (κ2) is 11.0. The average Bonchev–Trinajstić information content (AvgIpc) is 2.46. The number of ether oxygens (including phenoxy) is 1. The van der Waals surface area contributed by atoms with E-state index < -0.39 is 0 Å². The molecule has 0 aliphatic rings. The maximum absolute atomic E-state index is 11.5. The van der Waals surface area contributed by atoms with Gasteiger partial charge in [0.15, 0.2) is 0 Å². The lowest BCUT2D eigenvalue weighted by Gasteiger charge is -2.05. The second-order valence-electron chi connectivity index (χ2n) is 4.73. The highest BCUT2D eigenvalue weighted by atomic mass is 35.5. The average molecular weight is 315 g/mol. The van der Waals surface area contributed by atoms with E-state index in [9.17, 15) is 4.79 Å². The van der Waals surface area contributed by atoms with Gasteiger partial charge in [0.25, 0.3) is 0 Å². The van der Waals surface area contributed by atoms with Gasteiger partial charge >= 0.3 is 5.97 Å². The van der Waals surface area contributed by atoms with Crippen molar-refractivity contribution in [2.75, 3.05) is 12.4 Å². The highest BCUT2D eigenvalue weighted by Gasteiger charge is 2.04. The summed E-state index contributed by atoms with van der Waals surface area (Å²) < 4.78 is 5.21. The Kier molecular flexibility index (Phi) is 9.60. The van der Waals surface area contributed by atoms with Crippen molar-refractivity contribution in [3.63, 3.8) is 0 Å². The van der Waals surface area contributed by atoms with Crippen LogP contribution in [0.15, 0.2) is 29.2 Å². The topological polar surface area (TPSA) is 26.3 Å². The fraction of sp³-hybridized carbons (Fsp3) is 0.562. The summed E-state index contributed by atoms with van der Waals surface area (Å²) in [5, 5.41) is 0.708. The van der Waals surface area contributed by atoms with Crippen molar-refractivity contribution in [1.29, 1.82) is 0 Å². The molecule has 0 atom stereocenters. The van der Waals surface area contributed by atoms with E-state index in [0.717, 1.165) is 17.7 Å². The predicted octanol–water partition coefficient (Wildman–Crippen LogP) is 5.34. The number of hydrogen-bond acceptors (Lipinski definition) is 3. The van der Waals surface area contributed by atoms with E-state index in [0.29, 0.717) is 17.4 Å². The van der Waals surface area contributed by atoms with Crippen molar-refractivity contribution in [2.45, 2.75) is 50.3 Å². The molecule has 112 valence electrons. The normalized spacial score (nSPS) is 10.5. The van der Waals surface area contributed by atoms with Crippen LogP contribution < -0.4 is 0 Å². The van der Waals surface area contributed by atoms with Crippen LogP contribution in [-0.2, 0) is 9.53 Å². The molecular weight excluding hydrogens is 292 g/mol. The van der Waals surface area contributed by atoms with Crippen LogP contribution in [0.25, 0.3) is 0 Å². The second-order valence-corrected chi connectivity index (χ2v) is 6.22. The van der Waals surface area contributed by atoms with Crippen LogP contribution in [0.1, 0.15) is 45.4 Å². The van der Waals surface area contributed by atoms with Crippen molar-refractivity contribution in [1.82, 2.24) is 0 Å². The van der Waals surface area contributed by atoms with Gasteiger partial charge in [-0.2, -0.15) is 0 Å². The van der Waals surface area contributed by atoms with Gasteiger partial charge in [-0.15, -0.1) is 11.8 Å². The van der Waals surface area contributed by atoms with Crippen molar-refractivity contribution in [3.05, 3.63) is 29.3 Å². The number of rotatable bonds is 10. The molecule has 0 heterocycles. The summed E-state index contributed by atoms with van der Waals surface area (Å²) in [6.07, 6.45) is 7.22. The fourth-order valence-electron chi connectivity index (χ4n) is 1.78. The molecule has 1 rings (SSSR count). The lowest BCUT2D eigenvalue weighted by Crippen LogP contribution is -2.08. The summed E-state index contributed by atoms with van der Waals surface area (Å²) >= 11 is 7.28. The Morgan fingerprint density at radius 1 is 1.10 bits per heavy atom. The first-order valence-corrected chi connectivity index (χ1v) is 8.62. The molecule has 0 saturated heterocycles. The summed E-state index contributed by atoms with van der Waals surface area (Å²) in [6.45, 7) is 2.76. The molecule has 0 spiro atoms. The van der Waals surface area contributed by atoms with E-state index in [2.05, 4.69) is 6.92 Å². The van der Waals surface area contributed by atoms with Crippen LogP contribution in [0.5, 0.6) is 0 Å². The molecular formula is C16H23ClO2S. The maximum Gasteiger partial charge on any atom is 0.316 e. The Morgan fingerprint density at radius 2 is 1.75 bits per heavy atom. The lowest BCUT2D eigenvalue weighted by atomic mass is 10.1. The van der Waals surface area contributed by atoms with E-state index in [1.165, 1.54) is 37.4 Å². The van der Waals surface area contributed by atoms with Crippen molar-refractivity contribution >= 4 is 29.3 Å². The van der Waals surface area contributed by atoms with Gasteiger partial charge in [0, 0.05) is 9.92 Å². The van der Waals surface area contributed by atoms with Gasteiger partial charge in [-0.05, 0) is 30.7 Å². The SMILES string of the molecule is CCCCCCCCOC(=O)CSc1ccc(Cl)cc1. The molecule has 0 aromatic heterocycles. The van der Waals surface area contributed by atoms with E-state index in [-0.39, 0.29) is 5.97 Å². The number of carbonyl (C=O) groups is 1. The summed E-state index contributed by atoms with van der Waals surface area (Å²) in [5.41, 5.74) is 0. The largest absolute Gasteiger partial charge is 0.465 e. The molecule has 4 heteroatoms. The Bertz CT molecular complexity index is 379. The summed E-state index contributed by atoms with van der Waals surface area (Å²) in [6, 6.07) is 7.47. The Balaban J connectivity index is 2.01. The molecule has 0 amide bonds. The minimum atomic E-state index is -0.140. The smallest absolute Gasteiger partial charge is 0.316 e. The lowest BCUT2D eigenvalue weighted by molar-refractivity contribution is -0.140. The third kappa shape index (κ3) is 8.49. The van der Waals surface area contributed by atoms with Gasteiger partial charge in [-0.25, -0.2) is 0 Å². The molecule has 0 fully saturated rings. The number of benzene rings is 1. The van der Waals surface area contributed by atoms with Crippen molar-refractivity contribution in [2.24, 2.45) is 0 Å². The molecule has 0 bridgehead atoms. The first-order chi connectivity index (χ1) is 9.72. The Morgan fingerprint density at radius 3 is 2.45 bits per heavy atom. The minimum Gasteiger partial charge on any atom is -0.465 e. The molecule has 0 saturated carbocycles. The number of halogens is 1. The maximum atomic E-state index is 11.5. The van der Waals surface area contributed by atoms with E-state index in [4.69, 9.17) is 16.3 Å². The number of esters is 1. The fourth-order valence-corrected chi connectivity index (χ4v) is 2.61. The zero-order valence-corrected chi connectivity index (χ0v) is 13.6. The predicted molar refractivity (Wildman–Crippen MR) is 86.5 cm³/mol. The van der Waals surface area contributed by atoms with E-state index in [1.807, 2.05) is 24.3 Å². The number of carbonyl (C=O) groups excluding carboxylic acids is 1. The quantitative estimate of drug-likeness (QED) is 0.331. The summed E-state index contributed by atoms with van der Waals surface area (Å²) in [5.74, 6) is 0.218. The number of unbranched alkanes of at least 4 members (excludes halogenated alkanes) is 5. The monoisotopic (exact) mass is 314 g/mol. The van der Waals surface area contributed by atoms with Gasteiger partial charge in [-0.3, -0.25) is 4.79 Å². The van der Waals surface area contributed by atoms with Crippen LogP contribution in [0, 0.1) is 0 Å². The van der Waals surface area contributed by atoms with Crippen LogP contribution >= 0.6 is 23.4 Å². The van der Waals surface area contributed by atoms with Gasteiger partial charge in [-0.1, -0.05) is 50.6 Å². The van der Waals surface area contributed by atoms with Gasteiger partial charge in [0.2, 0.25) is 0 Å². The summed E-state index contributed by atoms with van der Waals surface area (Å²) in [4.78, 5) is 12.6. The van der Waals surface area contributed by atoms with Gasteiger partial charge in [0.1, 0.15) is 0 Å². The molecule has 20 heavy (non-hydrogen) atoms. The first-order valence-electron chi connectivity index (χ1n) is 7.26. The first kappa shape index (κ1) is 17.4. The standard InChI is InChI=1S/C16H23ClO2S/c1-2-3-4-5-6-7-12-19-16(18)13-20-15-10-8-14(17)9-11-15/h8-11H,2-7,12-13H2,1H3. The molecule has 0 aliphatic carbocycles. The molecule has 1 aromatic carbocycles. The van der Waals surface area contributed by atoms with Gasteiger partial charge in [0.05, 0.1) is 12.4 Å². The summed E-state index contributed by atoms with van der Waals surface area (Å²) in [7, 11) is 0. The number of thioether (sulfide) groups is 1.